The average molecular weight is 455 g/mol. The summed E-state index contributed by atoms with van der Waals surface area (Å²) in [5, 5.41) is 4.81. The van der Waals surface area contributed by atoms with E-state index in [2.05, 4.69) is 27.0 Å². The van der Waals surface area contributed by atoms with Gasteiger partial charge in [0.1, 0.15) is 16.5 Å². The Morgan fingerprint density at radius 3 is 2.59 bits per heavy atom. The van der Waals surface area contributed by atoms with Crippen molar-refractivity contribution in [1.82, 2.24) is 24.6 Å². The molecule has 0 amide bonds. The van der Waals surface area contributed by atoms with Gasteiger partial charge in [-0.05, 0) is 44.5 Å². The lowest BCUT2D eigenvalue weighted by Crippen LogP contribution is -2.32. The van der Waals surface area contributed by atoms with E-state index in [0.717, 1.165) is 37.1 Å². The molecule has 2 N–H and O–H groups in total. The van der Waals surface area contributed by atoms with Crippen LogP contribution >= 0.6 is 11.6 Å². The van der Waals surface area contributed by atoms with Crippen LogP contribution in [0.1, 0.15) is 34.5 Å². The first kappa shape index (κ1) is 22.2. The molecule has 0 bridgehead atoms. The summed E-state index contributed by atoms with van der Waals surface area (Å²) in [5.74, 6) is 0.0420. The molecule has 1 aromatic carbocycles. The number of nitrogens with two attached hydrogens (primary N) is 1. The minimum Gasteiger partial charge on any atom is -0.461 e. The first-order valence-electron chi connectivity index (χ1n) is 10.7. The molecule has 8 nitrogen and oxygen atoms in total. The molecular weight excluding hydrogens is 428 g/mol. The van der Waals surface area contributed by atoms with Gasteiger partial charge in [0, 0.05) is 25.1 Å². The maximum Gasteiger partial charge on any atom is 0.356 e. The van der Waals surface area contributed by atoms with E-state index in [4.69, 9.17) is 22.1 Å². The molecular formula is C23H27ClN6O2. The highest BCUT2D eigenvalue weighted by molar-refractivity contribution is 6.29. The lowest BCUT2D eigenvalue weighted by Gasteiger charge is -2.28. The number of benzene rings is 1. The van der Waals surface area contributed by atoms with Crippen molar-refractivity contribution in [3.63, 3.8) is 0 Å². The summed E-state index contributed by atoms with van der Waals surface area (Å²) in [7, 11) is 3.84. The van der Waals surface area contributed by atoms with E-state index in [1.165, 1.54) is 0 Å². The normalized spacial score (nSPS) is 15.1. The topological polar surface area (TPSA) is 99.2 Å². The lowest BCUT2D eigenvalue weighted by molar-refractivity contribution is 0.0371. The van der Waals surface area contributed by atoms with Gasteiger partial charge in [0.25, 0.3) is 0 Å². The first-order chi connectivity index (χ1) is 15.4. The predicted octanol–water partition coefficient (Wildman–Crippen LogP) is 3.20. The second-order valence-corrected chi connectivity index (χ2v) is 8.63. The molecule has 168 valence electrons. The van der Waals surface area contributed by atoms with Gasteiger partial charge in [-0.25, -0.2) is 14.8 Å². The van der Waals surface area contributed by atoms with E-state index in [9.17, 15) is 4.79 Å². The van der Waals surface area contributed by atoms with E-state index in [1.807, 2.05) is 30.3 Å². The van der Waals surface area contributed by atoms with Crippen LogP contribution in [0.5, 0.6) is 0 Å². The summed E-state index contributed by atoms with van der Waals surface area (Å²) in [4.78, 5) is 23.7. The maximum atomic E-state index is 13.2. The van der Waals surface area contributed by atoms with E-state index >= 15 is 0 Å². The number of carbonyl (C=O) groups excluding carboxylic acids is 1. The molecule has 0 unspecified atom stereocenters. The molecule has 3 aromatic rings. The van der Waals surface area contributed by atoms with Crippen LogP contribution in [0.4, 0.5) is 5.95 Å². The van der Waals surface area contributed by atoms with Crippen molar-refractivity contribution in [3.05, 3.63) is 58.4 Å². The van der Waals surface area contributed by atoms with Gasteiger partial charge in [-0.3, -0.25) is 4.68 Å². The Hall–Kier alpha value is -2.97. The molecule has 0 aliphatic carbocycles. The van der Waals surface area contributed by atoms with Crippen molar-refractivity contribution in [2.24, 2.45) is 13.0 Å². The number of anilines is 1. The molecule has 1 fully saturated rings. The number of carbonyl (C=O) groups is 1. The Morgan fingerprint density at radius 1 is 1.19 bits per heavy atom. The fourth-order valence-electron chi connectivity index (χ4n) is 4.04. The van der Waals surface area contributed by atoms with Crippen molar-refractivity contribution in [2.45, 2.75) is 19.3 Å². The molecule has 2 aromatic heterocycles. The third-order valence-electron chi connectivity index (χ3n) is 5.81. The molecule has 3 heterocycles. The summed E-state index contributed by atoms with van der Waals surface area (Å²) < 4.78 is 7.31. The second kappa shape index (κ2) is 9.67. The Balaban J connectivity index is 1.66. The molecule has 0 saturated carbocycles. The smallest absolute Gasteiger partial charge is 0.356 e. The van der Waals surface area contributed by atoms with Crippen LogP contribution < -0.4 is 5.73 Å². The van der Waals surface area contributed by atoms with Crippen molar-refractivity contribution in [3.8, 4) is 11.4 Å². The van der Waals surface area contributed by atoms with Crippen molar-refractivity contribution < 1.29 is 9.53 Å². The highest BCUT2D eigenvalue weighted by atomic mass is 35.5. The van der Waals surface area contributed by atoms with Crippen molar-refractivity contribution in [2.75, 3.05) is 32.5 Å². The highest BCUT2D eigenvalue weighted by Gasteiger charge is 2.27. The lowest BCUT2D eigenvalue weighted by atomic mass is 9.98. The summed E-state index contributed by atoms with van der Waals surface area (Å²) in [6.07, 6.45) is 2.54. The molecule has 32 heavy (non-hydrogen) atoms. The molecule has 0 spiro atoms. The molecule has 1 aliphatic rings. The standard InChI is InChI=1S/C23H27ClN6O2/c1-29-10-8-16(9-11-29)14-32-22(31)21-17(12-15-6-4-3-5-7-15)20(28-30(21)2)18-13-19(24)27-23(25)26-18/h3-7,13,16H,8-12,14H2,1-2H3,(H2,25,26,27). The van der Waals surface area contributed by atoms with Crippen LogP contribution in [0.2, 0.25) is 5.15 Å². The van der Waals surface area contributed by atoms with Gasteiger partial charge >= 0.3 is 5.97 Å². The number of piperidine rings is 1. The average Bonchev–Trinajstić information content (AvgIpc) is 3.09. The Morgan fingerprint density at radius 2 is 1.91 bits per heavy atom. The van der Waals surface area contributed by atoms with Crippen LogP contribution in [0, 0.1) is 5.92 Å². The zero-order valence-corrected chi connectivity index (χ0v) is 19.0. The van der Waals surface area contributed by atoms with Crippen molar-refractivity contribution in [1.29, 1.82) is 0 Å². The summed E-state index contributed by atoms with van der Waals surface area (Å²) >= 11 is 6.11. The Kier molecular flexibility index (Phi) is 6.72. The van der Waals surface area contributed by atoms with E-state index in [0.29, 0.717) is 36.0 Å². The highest BCUT2D eigenvalue weighted by Crippen LogP contribution is 2.29. The summed E-state index contributed by atoms with van der Waals surface area (Å²) in [6, 6.07) is 11.5. The summed E-state index contributed by atoms with van der Waals surface area (Å²) in [5.41, 5.74) is 8.99. The Labute approximate surface area is 192 Å². The molecule has 4 rings (SSSR count). The predicted molar refractivity (Wildman–Crippen MR) is 123 cm³/mol. The van der Waals surface area contributed by atoms with E-state index in [1.54, 1.807) is 17.8 Å². The Bertz CT molecular complexity index is 1070. The second-order valence-electron chi connectivity index (χ2n) is 8.24. The molecule has 0 atom stereocenters. The number of hydrogen-bond donors (Lipinski definition) is 1. The third-order valence-corrected chi connectivity index (χ3v) is 6.00. The molecule has 0 radical (unpaired) electrons. The zero-order valence-electron chi connectivity index (χ0n) is 18.3. The number of esters is 1. The maximum absolute atomic E-state index is 13.2. The largest absolute Gasteiger partial charge is 0.461 e. The number of ether oxygens (including phenoxy) is 1. The molecule has 9 heteroatoms. The van der Waals surface area contributed by atoms with Gasteiger partial charge in [0.05, 0.1) is 12.3 Å². The van der Waals surface area contributed by atoms with E-state index < -0.39 is 0 Å². The van der Waals surface area contributed by atoms with Crippen molar-refractivity contribution >= 4 is 23.5 Å². The number of aromatic nitrogens is 4. The van der Waals surface area contributed by atoms with Gasteiger partial charge in [0.2, 0.25) is 5.95 Å². The quantitative estimate of drug-likeness (QED) is 0.451. The van der Waals surface area contributed by atoms with Crippen LogP contribution in [-0.4, -0.2) is 57.4 Å². The number of likely N-dealkylation sites (tertiary alicyclic amines) is 1. The van der Waals surface area contributed by atoms with Gasteiger partial charge in [-0.15, -0.1) is 0 Å². The zero-order chi connectivity index (χ0) is 22.7. The first-order valence-corrected chi connectivity index (χ1v) is 11.0. The molecule has 1 saturated heterocycles. The van der Waals surface area contributed by atoms with Gasteiger partial charge < -0.3 is 15.4 Å². The number of nitrogen functional groups attached to an aromatic ring is 1. The third kappa shape index (κ3) is 5.08. The fraction of sp³-hybridized carbons (Fsp3) is 0.391. The van der Waals surface area contributed by atoms with E-state index in [-0.39, 0.29) is 17.1 Å². The fourth-order valence-corrected chi connectivity index (χ4v) is 4.23. The number of halogens is 1. The van der Waals surface area contributed by atoms with Gasteiger partial charge in [-0.1, -0.05) is 41.9 Å². The summed E-state index contributed by atoms with van der Waals surface area (Å²) in [6.45, 7) is 2.45. The molecule has 1 aliphatic heterocycles. The van der Waals surface area contributed by atoms with Crippen LogP contribution in [0.25, 0.3) is 11.4 Å². The minimum atomic E-state index is -0.385. The number of nitrogens with zero attached hydrogens (tertiary/aromatic N) is 5. The number of hydrogen-bond acceptors (Lipinski definition) is 7. The number of rotatable bonds is 6. The van der Waals surface area contributed by atoms with Gasteiger partial charge in [0.15, 0.2) is 0 Å². The van der Waals surface area contributed by atoms with Crippen LogP contribution in [0.3, 0.4) is 0 Å². The SMILES string of the molecule is CN1CCC(COC(=O)c2c(Cc3ccccc3)c(-c3cc(Cl)nc(N)n3)nn2C)CC1. The van der Waals surface area contributed by atoms with Gasteiger partial charge in [-0.2, -0.15) is 5.10 Å². The minimum absolute atomic E-state index is 0.0511. The number of aryl methyl sites for hydroxylation is 1. The van der Waals surface area contributed by atoms with Crippen LogP contribution in [0.15, 0.2) is 36.4 Å². The monoisotopic (exact) mass is 454 g/mol. The van der Waals surface area contributed by atoms with Crippen LogP contribution in [-0.2, 0) is 18.2 Å².